The Bertz CT molecular complexity index is 505. The molecule has 0 spiro atoms. The molecule has 0 saturated carbocycles. The maximum atomic E-state index is 12.2. The Balaban J connectivity index is 0.00000132. The number of halogens is 2. The molecule has 0 aliphatic carbocycles. The fourth-order valence-corrected chi connectivity index (χ4v) is 2.76. The van der Waals surface area contributed by atoms with Crippen LogP contribution in [0.5, 0.6) is 0 Å². The number of piperidine rings is 1. The van der Waals surface area contributed by atoms with Gasteiger partial charge in [0.15, 0.2) is 0 Å². The van der Waals surface area contributed by atoms with Crippen LogP contribution in [0.15, 0.2) is 36.5 Å². The van der Waals surface area contributed by atoms with Gasteiger partial charge >= 0.3 is 0 Å². The van der Waals surface area contributed by atoms with E-state index in [1.807, 2.05) is 35.3 Å². The zero-order valence-electron chi connectivity index (χ0n) is 12.9. The maximum Gasteiger partial charge on any atom is 0.243 e. The zero-order chi connectivity index (χ0) is 14.5. The van der Waals surface area contributed by atoms with Crippen LogP contribution in [0.25, 0.3) is 0 Å². The van der Waals surface area contributed by atoms with Crippen LogP contribution in [-0.2, 0) is 16.1 Å². The quantitative estimate of drug-likeness (QED) is 0.835. The Labute approximate surface area is 149 Å². The fourth-order valence-electron chi connectivity index (χ4n) is 2.76. The number of likely N-dealkylation sites (tertiary alicyclic amines) is 1. The zero-order valence-corrected chi connectivity index (χ0v) is 14.5. The number of hydrogen-bond donors (Lipinski definition) is 1. The van der Waals surface area contributed by atoms with Gasteiger partial charge in [0.25, 0.3) is 0 Å². The molecule has 0 bridgehead atoms. The molecule has 7 heteroatoms. The van der Waals surface area contributed by atoms with Gasteiger partial charge in [0.2, 0.25) is 5.91 Å². The summed E-state index contributed by atoms with van der Waals surface area (Å²) in [4.78, 5) is 18.4. The van der Waals surface area contributed by atoms with Gasteiger partial charge in [-0.2, -0.15) is 0 Å². The molecule has 1 amide bonds. The maximum absolute atomic E-state index is 12.2. The van der Waals surface area contributed by atoms with Gasteiger partial charge in [0, 0.05) is 25.8 Å². The first-order valence-corrected chi connectivity index (χ1v) is 7.53. The summed E-state index contributed by atoms with van der Waals surface area (Å²) in [7, 11) is 0. The third-order valence-corrected chi connectivity index (χ3v) is 4.00. The van der Waals surface area contributed by atoms with Crippen molar-refractivity contribution in [3.8, 4) is 0 Å². The van der Waals surface area contributed by atoms with E-state index in [4.69, 9.17) is 4.74 Å². The van der Waals surface area contributed by atoms with Crippen molar-refractivity contribution in [3.63, 3.8) is 0 Å². The Morgan fingerprint density at radius 1 is 1.30 bits per heavy atom. The minimum Gasteiger partial charge on any atom is -0.372 e. The van der Waals surface area contributed by atoms with Crippen LogP contribution in [0.2, 0.25) is 0 Å². The highest BCUT2D eigenvalue weighted by molar-refractivity contribution is 5.85. The summed E-state index contributed by atoms with van der Waals surface area (Å²) in [5.41, 5.74) is 0.955. The summed E-state index contributed by atoms with van der Waals surface area (Å²) in [5.74, 6) is 0.187. The molecule has 2 aliphatic rings. The van der Waals surface area contributed by atoms with Crippen molar-refractivity contribution in [1.29, 1.82) is 0 Å². The second-order valence-electron chi connectivity index (χ2n) is 5.47. The topological polar surface area (TPSA) is 54.5 Å². The fraction of sp³-hybridized carbons (Fsp3) is 0.500. The van der Waals surface area contributed by atoms with E-state index < -0.39 is 0 Å². The summed E-state index contributed by atoms with van der Waals surface area (Å²) in [6, 6.07) is 5.71. The number of amides is 1. The predicted molar refractivity (Wildman–Crippen MR) is 94.1 cm³/mol. The van der Waals surface area contributed by atoms with E-state index in [1.54, 1.807) is 6.20 Å². The second-order valence-corrected chi connectivity index (χ2v) is 5.47. The summed E-state index contributed by atoms with van der Waals surface area (Å²) < 4.78 is 5.89. The van der Waals surface area contributed by atoms with Crippen molar-refractivity contribution < 1.29 is 9.53 Å². The molecule has 5 nitrogen and oxygen atoms in total. The molecule has 1 N–H and O–H groups in total. The molecule has 0 aromatic carbocycles. The Hall–Kier alpha value is -1.14. The number of hydrogen-bond acceptors (Lipinski definition) is 4. The number of ether oxygens (including phenoxy) is 1. The van der Waals surface area contributed by atoms with Gasteiger partial charge in [-0.05, 0) is 25.0 Å². The Morgan fingerprint density at radius 3 is 2.70 bits per heavy atom. The van der Waals surface area contributed by atoms with Gasteiger partial charge in [-0.25, -0.2) is 0 Å². The molecule has 23 heavy (non-hydrogen) atoms. The lowest BCUT2D eigenvalue weighted by Crippen LogP contribution is -2.48. The number of carbonyl (C=O) groups excluding carboxylic acids is 1. The number of nitrogens with zero attached hydrogens (tertiary/aromatic N) is 2. The van der Waals surface area contributed by atoms with E-state index in [0.717, 1.165) is 38.2 Å². The van der Waals surface area contributed by atoms with Crippen LogP contribution in [0.4, 0.5) is 0 Å². The van der Waals surface area contributed by atoms with E-state index in [0.29, 0.717) is 6.61 Å². The highest BCUT2D eigenvalue weighted by Gasteiger charge is 2.28. The van der Waals surface area contributed by atoms with Crippen LogP contribution >= 0.6 is 24.8 Å². The molecule has 0 radical (unpaired) electrons. The smallest absolute Gasteiger partial charge is 0.243 e. The molecule has 1 fully saturated rings. The first-order valence-electron chi connectivity index (χ1n) is 7.53. The monoisotopic (exact) mass is 359 g/mol. The molecule has 1 unspecified atom stereocenters. The lowest BCUT2D eigenvalue weighted by Gasteiger charge is -2.33. The summed E-state index contributed by atoms with van der Waals surface area (Å²) in [6.45, 7) is 2.89. The minimum absolute atomic E-state index is 0. The highest BCUT2D eigenvalue weighted by atomic mass is 35.5. The average Bonchev–Trinajstić information content (AvgIpc) is 3.08. The average molecular weight is 360 g/mol. The lowest BCUT2D eigenvalue weighted by atomic mass is 10.1. The molecular formula is C16H23Cl2N3O2. The van der Waals surface area contributed by atoms with Crippen molar-refractivity contribution in [1.82, 2.24) is 15.2 Å². The standard InChI is InChI=1S/C16H21N3O2.2ClH/c20-16(15-5-3-9-18-15)19-10-6-14(7-11-19)21-12-13-4-1-2-8-17-13;;/h1-5,8,14-15,18H,6-7,9-12H2;2*1H. The van der Waals surface area contributed by atoms with Crippen molar-refractivity contribution in [2.24, 2.45) is 0 Å². The van der Waals surface area contributed by atoms with E-state index in [2.05, 4.69) is 10.3 Å². The molecule has 1 aromatic rings. The van der Waals surface area contributed by atoms with Gasteiger partial charge in [-0.15, -0.1) is 24.8 Å². The Morgan fingerprint density at radius 2 is 2.09 bits per heavy atom. The summed E-state index contributed by atoms with van der Waals surface area (Å²) in [6.07, 6.45) is 7.76. The number of aromatic nitrogens is 1. The van der Waals surface area contributed by atoms with Crippen LogP contribution in [0, 0.1) is 0 Å². The van der Waals surface area contributed by atoms with Gasteiger partial charge < -0.3 is 9.64 Å². The second kappa shape index (κ2) is 9.88. The van der Waals surface area contributed by atoms with Crippen molar-refractivity contribution in [2.45, 2.75) is 31.6 Å². The van der Waals surface area contributed by atoms with E-state index in [-0.39, 0.29) is 42.9 Å². The SMILES string of the molecule is Cl.Cl.O=C(C1C=CCN1)N1CCC(OCc2ccccn2)CC1. The van der Waals surface area contributed by atoms with Gasteiger partial charge in [-0.1, -0.05) is 18.2 Å². The third kappa shape index (κ3) is 5.46. The molecule has 1 atom stereocenters. The number of carbonyl (C=O) groups is 1. The number of nitrogens with one attached hydrogen (secondary N) is 1. The van der Waals surface area contributed by atoms with Crippen LogP contribution in [0.1, 0.15) is 18.5 Å². The van der Waals surface area contributed by atoms with Crippen LogP contribution < -0.4 is 5.32 Å². The molecule has 1 saturated heterocycles. The molecule has 1 aromatic heterocycles. The molecule has 128 valence electrons. The highest BCUT2D eigenvalue weighted by Crippen LogP contribution is 2.16. The third-order valence-electron chi connectivity index (χ3n) is 4.00. The van der Waals surface area contributed by atoms with E-state index in [9.17, 15) is 4.79 Å². The van der Waals surface area contributed by atoms with Crippen LogP contribution in [0.3, 0.4) is 0 Å². The predicted octanol–water partition coefficient (Wildman–Crippen LogP) is 1.96. The van der Waals surface area contributed by atoms with Crippen molar-refractivity contribution in [3.05, 3.63) is 42.2 Å². The first kappa shape index (κ1) is 19.9. The summed E-state index contributed by atoms with van der Waals surface area (Å²) >= 11 is 0. The number of pyridine rings is 1. The summed E-state index contributed by atoms with van der Waals surface area (Å²) in [5, 5.41) is 3.17. The molecule has 3 rings (SSSR count). The van der Waals surface area contributed by atoms with Gasteiger partial charge in [0.1, 0.15) is 6.04 Å². The van der Waals surface area contributed by atoms with E-state index in [1.165, 1.54) is 0 Å². The first-order chi connectivity index (χ1) is 10.3. The van der Waals surface area contributed by atoms with Crippen molar-refractivity contribution >= 4 is 30.7 Å². The lowest BCUT2D eigenvalue weighted by molar-refractivity contribution is -0.134. The van der Waals surface area contributed by atoms with Crippen LogP contribution in [-0.4, -0.2) is 47.6 Å². The van der Waals surface area contributed by atoms with E-state index >= 15 is 0 Å². The number of rotatable bonds is 4. The largest absolute Gasteiger partial charge is 0.372 e. The normalized spacial score (nSPS) is 20.7. The Kier molecular flexibility index (Phi) is 8.55. The molecular weight excluding hydrogens is 337 g/mol. The van der Waals surface area contributed by atoms with Gasteiger partial charge in [-0.3, -0.25) is 15.1 Å². The minimum atomic E-state index is -0.129. The molecule has 3 heterocycles. The van der Waals surface area contributed by atoms with Crippen molar-refractivity contribution in [2.75, 3.05) is 19.6 Å². The van der Waals surface area contributed by atoms with Gasteiger partial charge in [0.05, 0.1) is 18.4 Å². The molecule has 2 aliphatic heterocycles.